The van der Waals surface area contributed by atoms with Crippen molar-refractivity contribution in [2.24, 2.45) is 5.73 Å². The van der Waals surface area contributed by atoms with Crippen LogP contribution in [0.2, 0.25) is 0 Å². The fraction of sp³-hybridized carbons (Fsp3) is 0.538. The Labute approximate surface area is 87.8 Å². The van der Waals surface area contributed by atoms with Crippen LogP contribution in [0, 0.1) is 24.2 Å². The summed E-state index contributed by atoms with van der Waals surface area (Å²) in [5.41, 5.74) is 5.55. The van der Waals surface area contributed by atoms with Gasteiger partial charge < -0.3 is 5.73 Å². The van der Waals surface area contributed by atoms with Gasteiger partial charge in [-0.05, 0) is 19.8 Å². The predicted molar refractivity (Wildman–Crippen MR) is 62.5 cm³/mol. The lowest BCUT2D eigenvalue weighted by molar-refractivity contribution is 0.770. The molecule has 0 heterocycles. The van der Waals surface area contributed by atoms with Gasteiger partial charge in [-0.2, -0.15) is 0 Å². The highest BCUT2D eigenvalue weighted by atomic mass is 14.6. The fourth-order valence-corrected chi connectivity index (χ4v) is 0.879. The summed E-state index contributed by atoms with van der Waals surface area (Å²) in [4.78, 5) is 0. The summed E-state index contributed by atoms with van der Waals surface area (Å²) < 4.78 is 0. The number of hydrogen-bond donors (Lipinski definition) is 1. The first kappa shape index (κ1) is 12.8. The minimum Gasteiger partial charge on any atom is -0.327 e. The zero-order valence-corrected chi connectivity index (χ0v) is 8.92. The molecule has 1 nitrogen and oxygen atoms in total. The SMILES string of the molecule is C#CCC/C=C\CCC#CCC(C)N. The first-order valence-corrected chi connectivity index (χ1v) is 5.07. The van der Waals surface area contributed by atoms with Crippen LogP contribution in [0.15, 0.2) is 12.2 Å². The van der Waals surface area contributed by atoms with Crippen molar-refractivity contribution in [3.05, 3.63) is 12.2 Å². The number of rotatable bonds is 5. The van der Waals surface area contributed by atoms with Crippen LogP contribution in [0.25, 0.3) is 0 Å². The first-order chi connectivity index (χ1) is 6.77. The molecular weight excluding hydrogens is 170 g/mol. The third-order valence-electron chi connectivity index (χ3n) is 1.61. The molecule has 0 aliphatic heterocycles. The maximum atomic E-state index is 5.55. The molecule has 0 aromatic heterocycles. The molecule has 0 amide bonds. The van der Waals surface area contributed by atoms with E-state index < -0.39 is 0 Å². The highest BCUT2D eigenvalue weighted by Crippen LogP contribution is 1.94. The summed E-state index contributed by atoms with van der Waals surface area (Å²) in [5, 5.41) is 0. The van der Waals surface area contributed by atoms with E-state index in [9.17, 15) is 0 Å². The molecule has 0 aromatic carbocycles. The van der Waals surface area contributed by atoms with Crippen molar-refractivity contribution >= 4 is 0 Å². The summed E-state index contributed by atoms with van der Waals surface area (Å²) >= 11 is 0. The Balaban J connectivity index is 3.31. The van der Waals surface area contributed by atoms with Crippen molar-refractivity contribution < 1.29 is 0 Å². The first-order valence-electron chi connectivity index (χ1n) is 5.07. The number of terminal acetylenes is 1. The van der Waals surface area contributed by atoms with Gasteiger partial charge in [0.05, 0.1) is 0 Å². The van der Waals surface area contributed by atoms with Gasteiger partial charge in [0.25, 0.3) is 0 Å². The lowest BCUT2D eigenvalue weighted by Crippen LogP contribution is -2.12. The van der Waals surface area contributed by atoms with Crippen LogP contribution in [0.3, 0.4) is 0 Å². The highest BCUT2D eigenvalue weighted by molar-refractivity contribution is 5.02. The van der Waals surface area contributed by atoms with E-state index in [1.807, 2.05) is 6.92 Å². The second-order valence-corrected chi connectivity index (χ2v) is 3.29. The summed E-state index contributed by atoms with van der Waals surface area (Å²) in [6.07, 6.45) is 13.9. The van der Waals surface area contributed by atoms with E-state index in [2.05, 4.69) is 29.9 Å². The molecule has 0 aromatic rings. The van der Waals surface area contributed by atoms with Gasteiger partial charge in [0.15, 0.2) is 0 Å². The normalized spacial score (nSPS) is 11.8. The van der Waals surface area contributed by atoms with Gasteiger partial charge in [0.2, 0.25) is 0 Å². The quantitative estimate of drug-likeness (QED) is 0.401. The molecule has 0 saturated carbocycles. The van der Waals surface area contributed by atoms with E-state index in [1.165, 1.54) is 0 Å². The Morgan fingerprint density at radius 3 is 2.43 bits per heavy atom. The molecular formula is C13H19N. The van der Waals surface area contributed by atoms with Crippen molar-refractivity contribution in [1.29, 1.82) is 0 Å². The summed E-state index contributed by atoms with van der Waals surface area (Å²) in [6.45, 7) is 1.97. The lowest BCUT2D eigenvalue weighted by atomic mass is 10.2. The number of allylic oxidation sites excluding steroid dienone is 2. The van der Waals surface area contributed by atoms with E-state index >= 15 is 0 Å². The monoisotopic (exact) mass is 189 g/mol. The van der Waals surface area contributed by atoms with Crippen LogP contribution in [0.1, 0.15) is 39.0 Å². The lowest BCUT2D eigenvalue weighted by Gasteiger charge is -1.93. The van der Waals surface area contributed by atoms with E-state index in [0.29, 0.717) is 0 Å². The molecule has 0 aliphatic carbocycles. The van der Waals surface area contributed by atoms with Gasteiger partial charge in [-0.1, -0.05) is 12.2 Å². The standard InChI is InChI=1S/C13H19N/c1-3-4-5-6-7-8-9-10-11-12-13(2)14/h1,6-7,13H,4-5,8-9,12,14H2,2H3/b7-6-. The van der Waals surface area contributed by atoms with Crippen molar-refractivity contribution in [3.8, 4) is 24.2 Å². The van der Waals surface area contributed by atoms with Crippen LogP contribution in [0.4, 0.5) is 0 Å². The molecule has 1 atom stereocenters. The summed E-state index contributed by atoms with van der Waals surface area (Å²) in [6, 6.07) is 0.189. The molecule has 0 bridgehead atoms. The van der Waals surface area contributed by atoms with Gasteiger partial charge in [-0.15, -0.1) is 24.2 Å². The maximum Gasteiger partial charge on any atom is 0.0238 e. The molecule has 0 radical (unpaired) electrons. The Bertz CT molecular complexity index is 245. The Hall–Kier alpha value is -1.18. The largest absolute Gasteiger partial charge is 0.327 e. The van der Waals surface area contributed by atoms with Crippen LogP contribution in [-0.2, 0) is 0 Å². The topological polar surface area (TPSA) is 26.0 Å². The Morgan fingerprint density at radius 1 is 1.21 bits per heavy atom. The molecule has 0 aliphatic rings. The van der Waals surface area contributed by atoms with Gasteiger partial charge in [0, 0.05) is 25.3 Å². The zero-order chi connectivity index (χ0) is 10.6. The summed E-state index contributed by atoms with van der Waals surface area (Å²) in [5.74, 6) is 8.73. The van der Waals surface area contributed by atoms with E-state index in [0.717, 1.165) is 32.1 Å². The van der Waals surface area contributed by atoms with Gasteiger partial charge in [0.1, 0.15) is 0 Å². The minimum absolute atomic E-state index is 0.189. The molecule has 76 valence electrons. The molecule has 0 saturated heterocycles. The molecule has 1 heteroatoms. The smallest absolute Gasteiger partial charge is 0.0238 e. The highest BCUT2D eigenvalue weighted by Gasteiger charge is 1.85. The average Bonchev–Trinajstić information content (AvgIpc) is 2.15. The van der Waals surface area contributed by atoms with Crippen LogP contribution >= 0.6 is 0 Å². The predicted octanol–water partition coefficient (Wildman–Crippen LogP) is 2.48. The van der Waals surface area contributed by atoms with E-state index in [4.69, 9.17) is 12.2 Å². The molecule has 1 unspecified atom stereocenters. The Morgan fingerprint density at radius 2 is 1.86 bits per heavy atom. The van der Waals surface area contributed by atoms with Crippen molar-refractivity contribution in [1.82, 2.24) is 0 Å². The molecule has 0 spiro atoms. The fourth-order valence-electron chi connectivity index (χ4n) is 0.879. The second-order valence-electron chi connectivity index (χ2n) is 3.29. The van der Waals surface area contributed by atoms with Crippen LogP contribution in [-0.4, -0.2) is 6.04 Å². The number of nitrogens with two attached hydrogens (primary N) is 1. The number of unbranched alkanes of at least 4 members (excludes halogenated alkanes) is 2. The van der Waals surface area contributed by atoms with Crippen LogP contribution < -0.4 is 5.73 Å². The molecule has 0 fully saturated rings. The Kier molecular flexibility index (Phi) is 9.07. The van der Waals surface area contributed by atoms with Crippen molar-refractivity contribution in [2.75, 3.05) is 0 Å². The summed E-state index contributed by atoms with van der Waals surface area (Å²) in [7, 11) is 0. The minimum atomic E-state index is 0.189. The third kappa shape index (κ3) is 10.8. The number of hydrogen-bond acceptors (Lipinski definition) is 1. The molecule has 0 rings (SSSR count). The second kappa shape index (κ2) is 9.90. The van der Waals surface area contributed by atoms with Gasteiger partial charge >= 0.3 is 0 Å². The molecule has 14 heavy (non-hydrogen) atoms. The van der Waals surface area contributed by atoms with Crippen molar-refractivity contribution in [2.45, 2.75) is 45.1 Å². The van der Waals surface area contributed by atoms with Gasteiger partial charge in [-0.3, -0.25) is 0 Å². The van der Waals surface area contributed by atoms with E-state index in [1.54, 1.807) is 0 Å². The van der Waals surface area contributed by atoms with Crippen molar-refractivity contribution in [3.63, 3.8) is 0 Å². The van der Waals surface area contributed by atoms with Crippen LogP contribution in [0.5, 0.6) is 0 Å². The third-order valence-corrected chi connectivity index (χ3v) is 1.61. The molecule has 2 N–H and O–H groups in total. The van der Waals surface area contributed by atoms with Gasteiger partial charge in [-0.25, -0.2) is 0 Å². The zero-order valence-electron chi connectivity index (χ0n) is 8.92. The average molecular weight is 189 g/mol. The maximum absolute atomic E-state index is 5.55. The van der Waals surface area contributed by atoms with E-state index in [-0.39, 0.29) is 6.04 Å².